The first-order valence-corrected chi connectivity index (χ1v) is 17.1. The second-order valence-corrected chi connectivity index (χ2v) is 18.4. The summed E-state index contributed by atoms with van der Waals surface area (Å²) in [7, 11) is 0. The van der Waals surface area contributed by atoms with E-state index >= 15 is 0 Å². The van der Waals surface area contributed by atoms with Gasteiger partial charge >= 0.3 is 0 Å². The Morgan fingerprint density at radius 1 is 0.810 bits per heavy atom. The summed E-state index contributed by atoms with van der Waals surface area (Å²) in [6, 6.07) is 0. The van der Waals surface area contributed by atoms with Crippen LogP contribution in [0.5, 0.6) is 0 Å². The minimum absolute atomic E-state index is 0.0990. The minimum atomic E-state index is -1.94. The average Bonchev–Trinajstić information content (AvgIpc) is 2.83. The van der Waals surface area contributed by atoms with Gasteiger partial charge in [0.15, 0.2) is 0 Å². The van der Waals surface area contributed by atoms with Crippen molar-refractivity contribution >= 4 is 5.78 Å². The first-order chi connectivity index (χ1) is 19.1. The number of carbonyl (C=O) groups excluding carboxylic acids is 1. The summed E-state index contributed by atoms with van der Waals surface area (Å²) in [4.78, 5) is 12.7. The molecule has 0 aromatic rings. The number of carbonyl (C=O) groups is 1. The van der Waals surface area contributed by atoms with Crippen LogP contribution in [0.2, 0.25) is 0 Å². The lowest BCUT2D eigenvalue weighted by Gasteiger charge is -2.73. The van der Waals surface area contributed by atoms with E-state index < -0.39 is 52.7 Å². The highest BCUT2D eigenvalue weighted by atomic mass is 16.4. The fourth-order valence-electron chi connectivity index (χ4n) is 13.4. The molecule has 5 saturated carbocycles. The molecule has 0 aromatic carbocycles. The standard InChI is InChI=1S/C36H62O6/c1-18-14-34(9)21(4)35(10)19(2)24-12-11-23(13-22-15-32(5,6)17-33(7,8)16-22)28(38)26(24)29(39)27(35)31(41)36(34,42)30(40)25(18)20(3)37/h18-19,21-31,38-42H,11-17H2,1-10H3. The van der Waals surface area contributed by atoms with Crippen LogP contribution in [0.15, 0.2) is 0 Å². The van der Waals surface area contributed by atoms with E-state index in [1.165, 1.54) is 13.3 Å². The van der Waals surface area contributed by atoms with Crippen LogP contribution in [0.25, 0.3) is 0 Å². The smallest absolute Gasteiger partial charge is 0.135 e. The Kier molecular flexibility index (Phi) is 8.01. The number of hydrogen-bond donors (Lipinski definition) is 5. The number of rotatable bonds is 3. The van der Waals surface area contributed by atoms with Crippen LogP contribution in [0.1, 0.15) is 114 Å². The molecule has 5 fully saturated rings. The zero-order chi connectivity index (χ0) is 31.5. The van der Waals surface area contributed by atoms with Crippen LogP contribution < -0.4 is 0 Å². The molecule has 5 aliphatic carbocycles. The third kappa shape index (κ3) is 4.46. The van der Waals surface area contributed by atoms with Gasteiger partial charge in [0.05, 0.1) is 24.4 Å². The van der Waals surface area contributed by atoms with Crippen molar-refractivity contribution in [3.05, 3.63) is 0 Å². The summed E-state index contributed by atoms with van der Waals surface area (Å²) in [6.07, 6.45) is 2.36. The van der Waals surface area contributed by atoms with Crippen molar-refractivity contribution in [3.63, 3.8) is 0 Å². The normalized spacial score (nSPS) is 55.7. The van der Waals surface area contributed by atoms with Gasteiger partial charge in [-0.1, -0.05) is 62.3 Å². The van der Waals surface area contributed by atoms with Gasteiger partial charge in [0.1, 0.15) is 11.4 Å². The van der Waals surface area contributed by atoms with Crippen LogP contribution in [0.4, 0.5) is 0 Å². The van der Waals surface area contributed by atoms with Gasteiger partial charge in [-0.3, -0.25) is 4.79 Å². The van der Waals surface area contributed by atoms with E-state index in [2.05, 4.69) is 48.5 Å². The third-order valence-electron chi connectivity index (χ3n) is 14.8. The van der Waals surface area contributed by atoms with E-state index in [9.17, 15) is 30.3 Å². The molecule has 0 amide bonds. The van der Waals surface area contributed by atoms with Crippen molar-refractivity contribution < 1.29 is 30.3 Å². The topological polar surface area (TPSA) is 118 Å². The molecule has 42 heavy (non-hydrogen) atoms. The number of hydrogen-bond acceptors (Lipinski definition) is 6. The Bertz CT molecular complexity index is 1040. The molecule has 5 aliphatic rings. The lowest BCUT2D eigenvalue weighted by molar-refractivity contribution is -0.354. The maximum Gasteiger partial charge on any atom is 0.135 e. The number of Topliss-reactive ketones (excluding diaryl/α,β-unsaturated/α-hetero) is 1. The summed E-state index contributed by atoms with van der Waals surface area (Å²) in [6.45, 7) is 21.4. The van der Waals surface area contributed by atoms with E-state index in [0.29, 0.717) is 12.3 Å². The molecule has 0 radical (unpaired) electrons. The molecule has 5 N–H and O–H groups in total. The molecule has 15 unspecified atom stereocenters. The molecule has 0 saturated heterocycles. The maximum atomic E-state index is 12.7. The van der Waals surface area contributed by atoms with Gasteiger partial charge in [-0.15, -0.1) is 0 Å². The fraction of sp³-hybridized carbons (Fsp3) is 0.972. The molecule has 6 nitrogen and oxygen atoms in total. The number of aliphatic hydroxyl groups is 5. The first kappa shape index (κ1) is 32.9. The molecule has 6 heteroatoms. The quantitative estimate of drug-likeness (QED) is 0.308. The van der Waals surface area contributed by atoms with Crippen LogP contribution in [0.3, 0.4) is 0 Å². The fourth-order valence-corrected chi connectivity index (χ4v) is 13.4. The van der Waals surface area contributed by atoms with Crippen molar-refractivity contribution in [2.75, 3.05) is 0 Å². The summed E-state index contributed by atoms with van der Waals surface area (Å²) in [5, 5.41) is 60.6. The van der Waals surface area contributed by atoms with Gasteiger partial charge in [-0.25, -0.2) is 0 Å². The molecular formula is C36H62O6. The van der Waals surface area contributed by atoms with Gasteiger partial charge in [-0.2, -0.15) is 0 Å². The van der Waals surface area contributed by atoms with Crippen LogP contribution in [-0.2, 0) is 4.79 Å². The van der Waals surface area contributed by atoms with Crippen molar-refractivity contribution in [1.29, 1.82) is 0 Å². The maximum absolute atomic E-state index is 12.7. The van der Waals surface area contributed by atoms with E-state index in [0.717, 1.165) is 32.1 Å². The Labute approximate surface area is 255 Å². The van der Waals surface area contributed by atoms with E-state index in [-0.39, 0.29) is 52.1 Å². The van der Waals surface area contributed by atoms with Crippen molar-refractivity contribution in [2.45, 2.75) is 144 Å². The van der Waals surface area contributed by atoms with Gasteiger partial charge in [0, 0.05) is 23.2 Å². The molecule has 15 atom stereocenters. The predicted octanol–water partition coefficient (Wildman–Crippen LogP) is 5.22. The van der Waals surface area contributed by atoms with Crippen LogP contribution in [0, 0.1) is 74.9 Å². The van der Waals surface area contributed by atoms with E-state index in [4.69, 9.17) is 0 Å². The molecule has 0 spiro atoms. The Balaban J connectivity index is 1.48. The summed E-state index contributed by atoms with van der Waals surface area (Å²) in [5.41, 5.74) is -2.76. The lowest BCUT2D eigenvalue weighted by Crippen LogP contribution is -2.81. The highest BCUT2D eigenvalue weighted by Gasteiger charge is 2.76. The second kappa shape index (κ2) is 10.2. The highest BCUT2D eigenvalue weighted by Crippen LogP contribution is 2.71. The Morgan fingerprint density at radius 2 is 1.38 bits per heavy atom. The second-order valence-electron chi connectivity index (χ2n) is 18.4. The third-order valence-corrected chi connectivity index (χ3v) is 14.8. The Morgan fingerprint density at radius 3 is 1.93 bits per heavy atom. The van der Waals surface area contributed by atoms with Gasteiger partial charge < -0.3 is 25.5 Å². The summed E-state index contributed by atoms with van der Waals surface area (Å²) < 4.78 is 0. The molecular weight excluding hydrogens is 528 g/mol. The number of ketones is 1. The molecule has 242 valence electrons. The minimum Gasteiger partial charge on any atom is -0.392 e. The zero-order valence-electron chi connectivity index (χ0n) is 28.1. The monoisotopic (exact) mass is 590 g/mol. The summed E-state index contributed by atoms with van der Waals surface area (Å²) >= 11 is 0. The van der Waals surface area contributed by atoms with Crippen LogP contribution >= 0.6 is 0 Å². The largest absolute Gasteiger partial charge is 0.392 e. The number of fused-ring (bicyclic) bond motifs is 3. The number of aliphatic hydroxyl groups excluding tert-OH is 4. The first-order valence-electron chi connectivity index (χ1n) is 17.1. The molecule has 0 aliphatic heterocycles. The molecule has 0 heterocycles. The molecule has 5 rings (SSSR count). The SMILES string of the molecule is CC(=O)C1C(C)CC2(C)C(C)C3(C)C(C)C4CCC(CC5CC(C)(C)CC(C)(C)C5)C(O)C4C(O)C3C(O)C2(O)C1O. The Hall–Kier alpha value is -0.530. The van der Waals surface area contributed by atoms with Crippen molar-refractivity contribution in [3.8, 4) is 0 Å². The summed E-state index contributed by atoms with van der Waals surface area (Å²) in [5.74, 6) is -1.49. The van der Waals surface area contributed by atoms with E-state index in [1.807, 2.05) is 13.8 Å². The lowest BCUT2D eigenvalue weighted by atomic mass is 9.34. The van der Waals surface area contributed by atoms with E-state index in [1.54, 1.807) is 0 Å². The predicted molar refractivity (Wildman–Crippen MR) is 164 cm³/mol. The molecule has 0 aromatic heterocycles. The molecule has 0 bridgehead atoms. The van der Waals surface area contributed by atoms with Gasteiger partial charge in [0.25, 0.3) is 0 Å². The van der Waals surface area contributed by atoms with Gasteiger partial charge in [0.2, 0.25) is 0 Å². The van der Waals surface area contributed by atoms with Crippen molar-refractivity contribution in [1.82, 2.24) is 0 Å². The average molecular weight is 591 g/mol. The van der Waals surface area contributed by atoms with Gasteiger partial charge in [-0.05, 0) is 104 Å². The van der Waals surface area contributed by atoms with Crippen LogP contribution in [-0.4, -0.2) is 61.3 Å². The van der Waals surface area contributed by atoms with Crippen molar-refractivity contribution in [2.24, 2.45) is 74.9 Å². The highest BCUT2D eigenvalue weighted by molar-refractivity contribution is 5.79. The zero-order valence-corrected chi connectivity index (χ0v) is 28.1.